The fourth-order valence-electron chi connectivity index (χ4n) is 1.84. The molecule has 0 saturated carbocycles. The minimum absolute atomic E-state index is 0.115. The first-order chi connectivity index (χ1) is 9.58. The lowest BCUT2D eigenvalue weighted by Crippen LogP contribution is -2.19. The van der Waals surface area contributed by atoms with Crippen LogP contribution in [-0.4, -0.2) is 17.6 Å². The van der Waals surface area contributed by atoms with Crippen LogP contribution in [0.5, 0.6) is 5.75 Å². The van der Waals surface area contributed by atoms with Gasteiger partial charge in [-0.3, -0.25) is 9.59 Å². The molecule has 0 aliphatic rings. The molecule has 1 N–H and O–H groups in total. The molecule has 0 radical (unpaired) electrons. The number of hydrogen-bond acceptors (Lipinski definition) is 3. The number of carbonyl (C=O) groups excluding carboxylic acids is 1. The Labute approximate surface area is 116 Å². The number of aryl methyl sites for hydroxylation is 1. The summed E-state index contributed by atoms with van der Waals surface area (Å²) in [6.45, 7) is 0. The second-order valence-corrected chi connectivity index (χ2v) is 4.44. The van der Waals surface area contributed by atoms with E-state index in [1.165, 1.54) is 10.6 Å². The van der Waals surface area contributed by atoms with Crippen LogP contribution >= 0.6 is 0 Å². The molecule has 1 aromatic heterocycles. The number of hydrogen-bond donors (Lipinski definition) is 1. The lowest BCUT2D eigenvalue weighted by atomic mass is 10.1. The lowest BCUT2D eigenvalue weighted by molar-refractivity contribution is -0.115. The number of benzene rings is 1. The number of aromatic nitrogens is 1. The summed E-state index contributed by atoms with van der Waals surface area (Å²) >= 11 is 0. The van der Waals surface area contributed by atoms with E-state index in [4.69, 9.17) is 4.74 Å². The van der Waals surface area contributed by atoms with Crippen LogP contribution in [-0.2, 0) is 18.3 Å². The number of ether oxygens (including phenoxy) is 1. The van der Waals surface area contributed by atoms with Crippen LogP contribution in [0.3, 0.4) is 0 Å². The molecule has 0 unspecified atom stereocenters. The van der Waals surface area contributed by atoms with Crippen molar-refractivity contribution < 1.29 is 9.53 Å². The summed E-state index contributed by atoms with van der Waals surface area (Å²) in [6, 6.07) is 10.4. The number of anilines is 1. The van der Waals surface area contributed by atoms with Crippen molar-refractivity contribution in [2.45, 2.75) is 6.42 Å². The molecule has 0 aliphatic heterocycles. The van der Waals surface area contributed by atoms with E-state index in [0.717, 1.165) is 11.3 Å². The first-order valence-corrected chi connectivity index (χ1v) is 6.18. The molecule has 5 nitrogen and oxygen atoms in total. The van der Waals surface area contributed by atoms with Gasteiger partial charge in [0.05, 0.1) is 19.2 Å². The average molecular weight is 272 g/mol. The van der Waals surface area contributed by atoms with Crippen LogP contribution in [0.1, 0.15) is 5.56 Å². The van der Waals surface area contributed by atoms with Gasteiger partial charge in [0.25, 0.3) is 0 Å². The van der Waals surface area contributed by atoms with Gasteiger partial charge >= 0.3 is 0 Å². The van der Waals surface area contributed by atoms with Crippen molar-refractivity contribution in [3.63, 3.8) is 0 Å². The molecule has 5 heteroatoms. The molecule has 0 saturated heterocycles. The second kappa shape index (κ2) is 6.06. The van der Waals surface area contributed by atoms with Gasteiger partial charge in [-0.1, -0.05) is 12.1 Å². The van der Waals surface area contributed by atoms with Gasteiger partial charge in [0.2, 0.25) is 11.5 Å². The third-order valence-electron chi connectivity index (χ3n) is 2.87. The summed E-state index contributed by atoms with van der Waals surface area (Å²) in [5, 5.41) is 2.76. The molecule has 1 aromatic carbocycles. The van der Waals surface area contributed by atoms with E-state index in [0.29, 0.717) is 5.69 Å². The van der Waals surface area contributed by atoms with Crippen molar-refractivity contribution in [2.75, 3.05) is 12.4 Å². The summed E-state index contributed by atoms with van der Waals surface area (Å²) in [5.74, 6) is 0.578. The van der Waals surface area contributed by atoms with Crippen LogP contribution in [0.15, 0.2) is 47.4 Å². The average Bonchev–Trinajstić information content (AvgIpc) is 2.43. The molecule has 1 heterocycles. The second-order valence-electron chi connectivity index (χ2n) is 4.44. The number of amides is 1. The summed E-state index contributed by atoms with van der Waals surface area (Å²) < 4.78 is 6.53. The maximum absolute atomic E-state index is 11.9. The number of rotatable bonds is 4. The van der Waals surface area contributed by atoms with Gasteiger partial charge in [0.1, 0.15) is 5.75 Å². The van der Waals surface area contributed by atoms with Gasteiger partial charge in [-0.15, -0.1) is 0 Å². The van der Waals surface area contributed by atoms with Crippen molar-refractivity contribution in [3.05, 3.63) is 58.5 Å². The molecule has 0 spiro atoms. The minimum atomic E-state index is -0.142. The molecule has 0 aliphatic carbocycles. The number of nitrogens with zero attached hydrogens (tertiary/aromatic N) is 1. The van der Waals surface area contributed by atoms with E-state index in [1.54, 1.807) is 26.4 Å². The Morgan fingerprint density at radius 1 is 1.30 bits per heavy atom. The molecule has 1 amide bonds. The first-order valence-electron chi connectivity index (χ1n) is 6.18. The van der Waals surface area contributed by atoms with Crippen LogP contribution in [0, 0.1) is 0 Å². The Bertz CT molecular complexity index is 677. The zero-order chi connectivity index (χ0) is 14.5. The van der Waals surface area contributed by atoms with Gasteiger partial charge in [-0.05, 0) is 23.8 Å². The lowest BCUT2D eigenvalue weighted by Gasteiger charge is -2.07. The highest BCUT2D eigenvalue weighted by atomic mass is 16.5. The number of methoxy groups -OCH3 is 1. The van der Waals surface area contributed by atoms with Gasteiger partial charge < -0.3 is 14.6 Å². The smallest absolute Gasteiger partial charge is 0.250 e. The predicted octanol–water partition coefficient (Wildman–Crippen LogP) is 1.58. The van der Waals surface area contributed by atoms with Crippen molar-refractivity contribution in [1.82, 2.24) is 4.57 Å². The summed E-state index contributed by atoms with van der Waals surface area (Å²) in [4.78, 5) is 23.2. The maximum atomic E-state index is 11.9. The largest absolute Gasteiger partial charge is 0.497 e. The van der Waals surface area contributed by atoms with Gasteiger partial charge in [0.15, 0.2) is 0 Å². The van der Waals surface area contributed by atoms with E-state index in [9.17, 15) is 9.59 Å². The highest BCUT2D eigenvalue weighted by molar-refractivity contribution is 5.92. The van der Waals surface area contributed by atoms with Crippen molar-refractivity contribution in [1.29, 1.82) is 0 Å². The Kier molecular flexibility index (Phi) is 4.20. The van der Waals surface area contributed by atoms with E-state index in [1.807, 2.05) is 24.3 Å². The normalized spacial score (nSPS) is 10.1. The van der Waals surface area contributed by atoms with Crippen LogP contribution in [0.2, 0.25) is 0 Å². The van der Waals surface area contributed by atoms with Crippen LogP contribution in [0.4, 0.5) is 5.69 Å². The Morgan fingerprint density at radius 3 is 2.80 bits per heavy atom. The zero-order valence-corrected chi connectivity index (χ0v) is 11.4. The number of carbonyl (C=O) groups is 1. The molecule has 0 atom stereocenters. The van der Waals surface area contributed by atoms with Crippen LogP contribution in [0.25, 0.3) is 0 Å². The van der Waals surface area contributed by atoms with Crippen molar-refractivity contribution in [2.24, 2.45) is 7.05 Å². The molecule has 2 aromatic rings. The molecule has 0 bridgehead atoms. The Balaban J connectivity index is 2.04. The summed E-state index contributed by atoms with van der Waals surface area (Å²) in [6.07, 6.45) is 1.84. The standard InChI is InChI=1S/C15H16N2O3/c1-17-10-12(6-7-15(17)19)16-14(18)9-11-4-3-5-13(8-11)20-2/h3-8,10H,9H2,1-2H3,(H,16,18). The van der Waals surface area contributed by atoms with Crippen molar-refractivity contribution in [3.8, 4) is 5.75 Å². The highest BCUT2D eigenvalue weighted by Gasteiger charge is 2.05. The molecular formula is C15H16N2O3. The quantitative estimate of drug-likeness (QED) is 0.919. The molecule has 0 fully saturated rings. The Hall–Kier alpha value is -2.56. The highest BCUT2D eigenvalue weighted by Crippen LogP contribution is 2.13. The van der Waals surface area contributed by atoms with E-state index in [-0.39, 0.29) is 17.9 Å². The van der Waals surface area contributed by atoms with E-state index >= 15 is 0 Å². The summed E-state index contributed by atoms with van der Waals surface area (Å²) in [7, 11) is 3.23. The topological polar surface area (TPSA) is 60.3 Å². The van der Waals surface area contributed by atoms with Gasteiger partial charge in [-0.2, -0.15) is 0 Å². The molecule has 2 rings (SSSR count). The number of pyridine rings is 1. The fourth-order valence-corrected chi connectivity index (χ4v) is 1.84. The van der Waals surface area contributed by atoms with Gasteiger partial charge in [-0.25, -0.2) is 0 Å². The molecule has 20 heavy (non-hydrogen) atoms. The van der Waals surface area contributed by atoms with E-state index < -0.39 is 0 Å². The maximum Gasteiger partial charge on any atom is 0.250 e. The SMILES string of the molecule is COc1cccc(CC(=O)Nc2ccc(=O)n(C)c2)c1. The first kappa shape index (κ1) is 13.9. The van der Waals surface area contributed by atoms with Crippen LogP contribution < -0.4 is 15.6 Å². The fraction of sp³-hybridized carbons (Fsp3) is 0.200. The summed E-state index contributed by atoms with van der Waals surface area (Å²) in [5.41, 5.74) is 1.35. The van der Waals surface area contributed by atoms with E-state index in [2.05, 4.69) is 5.32 Å². The zero-order valence-electron chi connectivity index (χ0n) is 11.4. The third-order valence-corrected chi connectivity index (χ3v) is 2.87. The predicted molar refractivity (Wildman–Crippen MR) is 77.0 cm³/mol. The van der Waals surface area contributed by atoms with Crippen molar-refractivity contribution >= 4 is 11.6 Å². The monoisotopic (exact) mass is 272 g/mol. The Morgan fingerprint density at radius 2 is 2.10 bits per heavy atom. The molecule has 104 valence electrons. The third kappa shape index (κ3) is 3.47. The van der Waals surface area contributed by atoms with Gasteiger partial charge in [0, 0.05) is 19.3 Å². The molecular weight excluding hydrogens is 256 g/mol. The number of nitrogens with one attached hydrogen (secondary N) is 1. The minimum Gasteiger partial charge on any atom is -0.497 e.